The highest BCUT2D eigenvalue weighted by molar-refractivity contribution is 7.20. The van der Waals surface area contributed by atoms with Gasteiger partial charge in [0, 0.05) is 25.9 Å². The number of piperidine rings is 1. The lowest BCUT2D eigenvalue weighted by Gasteiger charge is -2.31. The Balaban J connectivity index is 1.40. The van der Waals surface area contributed by atoms with Gasteiger partial charge in [-0.05, 0) is 30.3 Å². The molecule has 1 saturated heterocycles. The van der Waals surface area contributed by atoms with Gasteiger partial charge in [0.05, 0.1) is 27.9 Å². The predicted octanol–water partition coefficient (Wildman–Crippen LogP) is 4.78. The second kappa shape index (κ2) is 7.93. The van der Waals surface area contributed by atoms with Crippen molar-refractivity contribution >= 4 is 39.1 Å². The summed E-state index contributed by atoms with van der Waals surface area (Å²) < 4.78 is 26.3. The van der Waals surface area contributed by atoms with Crippen molar-refractivity contribution in [2.45, 2.75) is 18.9 Å². The number of hydrogen-bond acceptors (Lipinski definition) is 5. The molecule has 0 atom stereocenters. The number of ether oxygens (including phenoxy) is 2. The quantitative estimate of drug-likeness (QED) is 0.609. The summed E-state index contributed by atoms with van der Waals surface area (Å²) in [6.45, 7) is 0.958. The lowest BCUT2D eigenvalue weighted by Crippen LogP contribution is -2.42. The molecule has 0 spiro atoms. The van der Waals surface area contributed by atoms with Crippen molar-refractivity contribution in [3.63, 3.8) is 0 Å². The van der Waals surface area contributed by atoms with Gasteiger partial charge in [-0.25, -0.2) is 9.37 Å². The van der Waals surface area contributed by atoms with E-state index in [2.05, 4.69) is 4.98 Å². The molecule has 0 radical (unpaired) electrons. The lowest BCUT2D eigenvalue weighted by atomic mass is 10.1. The number of methoxy groups -OCH3 is 1. The molecule has 1 aliphatic heterocycles. The van der Waals surface area contributed by atoms with E-state index in [1.165, 1.54) is 29.5 Å². The Kier molecular flexibility index (Phi) is 5.37. The normalized spacial score (nSPS) is 15.0. The van der Waals surface area contributed by atoms with Gasteiger partial charge in [0.2, 0.25) is 0 Å². The molecule has 2 aromatic carbocycles. The molecule has 2 heterocycles. The van der Waals surface area contributed by atoms with Gasteiger partial charge in [0.25, 0.3) is 11.1 Å². The highest BCUT2D eigenvalue weighted by Gasteiger charge is 2.28. The largest absolute Gasteiger partial charge is 0.497 e. The van der Waals surface area contributed by atoms with E-state index in [0.29, 0.717) is 31.1 Å². The molecule has 0 N–H and O–H groups in total. The predicted molar refractivity (Wildman–Crippen MR) is 107 cm³/mol. The van der Waals surface area contributed by atoms with Crippen LogP contribution in [0.5, 0.6) is 10.9 Å². The van der Waals surface area contributed by atoms with Gasteiger partial charge >= 0.3 is 0 Å². The van der Waals surface area contributed by atoms with E-state index in [1.54, 1.807) is 12.0 Å². The van der Waals surface area contributed by atoms with Crippen molar-refractivity contribution < 1.29 is 18.7 Å². The van der Waals surface area contributed by atoms with Crippen LogP contribution in [0.4, 0.5) is 4.39 Å². The first-order chi connectivity index (χ1) is 13.5. The molecule has 1 aliphatic rings. The second-order valence-electron chi connectivity index (χ2n) is 6.52. The molecule has 8 heteroatoms. The van der Waals surface area contributed by atoms with E-state index in [9.17, 15) is 9.18 Å². The number of likely N-dealkylation sites (tertiary alicyclic amines) is 1. The fourth-order valence-electron chi connectivity index (χ4n) is 3.24. The Labute approximate surface area is 170 Å². The van der Waals surface area contributed by atoms with E-state index in [1.807, 2.05) is 18.2 Å². The summed E-state index contributed by atoms with van der Waals surface area (Å²) in [7, 11) is 1.63. The third-order valence-electron chi connectivity index (χ3n) is 4.75. The maximum atomic E-state index is 14.0. The fraction of sp³-hybridized carbons (Fsp3) is 0.300. The number of carbonyl (C=O) groups is 1. The Hall–Kier alpha value is -2.38. The van der Waals surface area contributed by atoms with Crippen molar-refractivity contribution in [1.82, 2.24) is 9.88 Å². The average molecular weight is 421 g/mol. The Morgan fingerprint density at radius 3 is 2.79 bits per heavy atom. The number of rotatable bonds is 4. The molecule has 0 unspecified atom stereocenters. The van der Waals surface area contributed by atoms with Crippen molar-refractivity contribution in [3.8, 4) is 10.9 Å². The van der Waals surface area contributed by atoms with Gasteiger partial charge in [0.1, 0.15) is 17.7 Å². The van der Waals surface area contributed by atoms with Crippen LogP contribution in [0.3, 0.4) is 0 Å². The summed E-state index contributed by atoms with van der Waals surface area (Å²) in [5.41, 5.74) is 0.797. The molecule has 5 nitrogen and oxygen atoms in total. The van der Waals surface area contributed by atoms with Crippen molar-refractivity contribution in [3.05, 3.63) is 52.8 Å². The Morgan fingerprint density at radius 1 is 1.29 bits per heavy atom. The summed E-state index contributed by atoms with van der Waals surface area (Å²) in [6.07, 6.45) is 1.26. The number of benzene rings is 2. The zero-order valence-corrected chi connectivity index (χ0v) is 16.7. The summed E-state index contributed by atoms with van der Waals surface area (Å²) in [6, 6.07) is 9.95. The maximum absolute atomic E-state index is 14.0. The molecule has 0 bridgehead atoms. The van der Waals surface area contributed by atoms with Crippen LogP contribution in [0.25, 0.3) is 10.2 Å². The maximum Gasteiger partial charge on any atom is 0.274 e. The van der Waals surface area contributed by atoms with Gasteiger partial charge in [0.15, 0.2) is 0 Å². The second-order valence-corrected chi connectivity index (χ2v) is 7.92. The minimum Gasteiger partial charge on any atom is -0.497 e. The molecule has 146 valence electrons. The van der Waals surface area contributed by atoms with Crippen molar-refractivity contribution in [2.75, 3.05) is 20.2 Å². The zero-order valence-electron chi connectivity index (χ0n) is 15.2. The molecule has 0 aliphatic carbocycles. The van der Waals surface area contributed by atoms with Crippen LogP contribution < -0.4 is 9.47 Å². The molecule has 3 aromatic rings. The van der Waals surface area contributed by atoms with E-state index in [-0.39, 0.29) is 22.6 Å². The number of hydrogen-bond donors (Lipinski definition) is 0. The van der Waals surface area contributed by atoms with Crippen LogP contribution >= 0.6 is 22.9 Å². The monoisotopic (exact) mass is 420 g/mol. The molecule has 1 fully saturated rings. The van der Waals surface area contributed by atoms with E-state index >= 15 is 0 Å². The van der Waals surface area contributed by atoms with Crippen molar-refractivity contribution in [1.29, 1.82) is 0 Å². The molecule has 1 amide bonds. The molecular formula is C20H18ClFN2O3S. The van der Waals surface area contributed by atoms with Crippen LogP contribution in [0.15, 0.2) is 36.4 Å². The van der Waals surface area contributed by atoms with Crippen LogP contribution in [-0.2, 0) is 0 Å². The third kappa shape index (κ3) is 3.77. The van der Waals surface area contributed by atoms with Gasteiger partial charge < -0.3 is 14.4 Å². The first kappa shape index (κ1) is 19.0. The topological polar surface area (TPSA) is 51.7 Å². The van der Waals surface area contributed by atoms with Gasteiger partial charge in [-0.3, -0.25) is 4.79 Å². The van der Waals surface area contributed by atoms with Crippen LogP contribution in [-0.4, -0.2) is 42.1 Å². The summed E-state index contributed by atoms with van der Waals surface area (Å²) in [5, 5.41) is 0.735. The Bertz CT molecular complexity index is 998. The Morgan fingerprint density at radius 2 is 2.07 bits per heavy atom. The summed E-state index contributed by atoms with van der Waals surface area (Å²) in [5.74, 6) is -0.198. The first-order valence-corrected chi connectivity index (χ1v) is 10.1. The third-order valence-corrected chi connectivity index (χ3v) is 5.97. The number of amides is 1. The molecule has 0 saturated carbocycles. The van der Waals surface area contributed by atoms with Crippen LogP contribution in [0, 0.1) is 5.82 Å². The van der Waals surface area contributed by atoms with E-state index in [4.69, 9.17) is 21.1 Å². The minimum atomic E-state index is -0.597. The summed E-state index contributed by atoms with van der Waals surface area (Å²) in [4.78, 5) is 18.7. The van der Waals surface area contributed by atoms with Crippen LogP contribution in [0.1, 0.15) is 23.2 Å². The highest BCUT2D eigenvalue weighted by atomic mass is 35.5. The zero-order chi connectivity index (χ0) is 19.7. The van der Waals surface area contributed by atoms with Gasteiger partial charge in [-0.15, -0.1) is 0 Å². The highest BCUT2D eigenvalue weighted by Crippen LogP contribution is 2.32. The standard InChI is InChI=1S/C20H18ClFN2O3S/c1-26-13-5-6-16-17(11-13)28-20(23-16)27-12-7-9-24(10-8-12)19(25)18-14(21)3-2-4-15(18)22/h2-6,11-12H,7-10H2,1H3. The smallest absolute Gasteiger partial charge is 0.274 e. The number of halogens is 2. The minimum absolute atomic E-state index is 0.0393. The number of nitrogens with zero attached hydrogens (tertiary/aromatic N) is 2. The lowest BCUT2D eigenvalue weighted by molar-refractivity contribution is 0.0591. The van der Waals surface area contributed by atoms with Crippen LogP contribution in [0.2, 0.25) is 5.02 Å². The molecule has 28 heavy (non-hydrogen) atoms. The number of aromatic nitrogens is 1. The molecule has 4 rings (SSSR count). The average Bonchev–Trinajstić information content (AvgIpc) is 3.09. The van der Waals surface area contributed by atoms with E-state index < -0.39 is 5.82 Å². The SMILES string of the molecule is COc1ccc2nc(OC3CCN(C(=O)c4c(F)cccc4Cl)CC3)sc2c1. The van der Waals surface area contributed by atoms with Gasteiger partial charge in [-0.1, -0.05) is 29.0 Å². The number of carbonyl (C=O) groups excluding carboxylic acids is 1. The van der Waals surface area contributed by atoms with E-state index in [0.717, 1.165) is 16.0 Å². The van der Waals surface area contributed by atoms with Gasteiger partial charge in [-0.2, -0.15) is 0 Å². The molecule has 1 aromatic heterocycles. The number of thiazole rings is 1. The fourth-order valence-corrected chi connectivity index (χ4v) is 4.39. The molecular weight excluding hydrogens is 403 g/mol. The first-order valence-electron chi connectivity index (χ1n) is 8.89. The number of fused-ring (bicyclic) bond motifs is 1. The summed E-state index contributed by atoms with van der Waals surface area (Å²) >= 11 is 7.48. The van der Waals surface area contributed by atoms with Crippen molar-refractivity contribution in [2.24, 2.45) is 0 Å².